The number of hydrogen-bond acceptors (Lipinski definition) is 3. The first-order valence-electron chi connectivity index (χ1n) is 5.71. The number of aromatic nitrogens is 2. The molecule has 3 aromatic rings. The second kappa shape index (κ2) is 5.04. The van der Waals surface area contributed by atoms with Crippen LogP contribution in [0.15, 0.2) is 48.8 Å². The monoisotopic (exact) mass is 274 g/mol. The highest BCUT2D eigenvalue weighted by atomic mass is 35.5. The number of benzene rings is 1. The maximum absolute atomic E-state index is 6.39. The molecule has 1 atom stereocenters. The Bertz CT molecular complexity index is 618. The van der Waals surface area contributed by atoms with Gasteiger partial charge in [0.25, 0.3) is 0 Å². The van der Waals surface area contributed by atoms with Crippen molar-refractivity contribution in [3.63, 3.8) is 0 Å². The highest BCUT2D eigenvalue weighted by Gasteiger charge is 2.12. The second-order valence-electron chi connectivity index (χ2n) is 4.03. The normalized spacial score (nSPS) is 12.7. The van der Waals surface area contributed by atoms with Gasteiger partial charge in [-0.05, 0) is 23.8 Å². The summed E-state index contributed by atoms with van der Waals surface area (Å²) in [6.07, 6.45) is 4.31. The first-order valence-corrected chi connectivity index (χ1v) is 6.96. The Morgan fingerprint density at radius 2 is 2.06 bits per heavy atom. The number of hydrogen-bond donors (Lipinski definition) is 0. The molecule has 3 rings (SSSR count). The minimum Gasteiger partial charge on any atom is -0.264 e. The van der Waals surface area contributed by atoms with Gasteiger partial charge in [-0.1, -0.05) is 18.2 Å². The topological polar surface area (TPSA) is 25.8 Å². The third-order valence-corrected chi connectivity index (χ3v) is 4.20. The van der Waals surface area contributed by atoms with E-state index in [0.717, 1.165) is 22.5 Å². The molecule has 0 spiro atoms. The molecular formula is C14H11ClN2S. The van der Waals surface area contributed by atoms with Crippen LogP contribution in [0.3, 0.4) is 0 Å². The minimum atomic E-state index is -0.0701. The molecule has 0 saturated heterocycles. The average Bonchev–Trinajstić information content (AvgIpc) is 2.82. The Kier molecular flexibility index (Phi) is 3.26. The van der Waals surface area contributed by atoms with Crippen LogP contribution in [0, 0.1) is 0 Å². The fourth-order valence-electron chi connectivity index (χ4n) is 1.84. The molecule has 2 nitrogen and oxygen atoms in total. The summed E-state index contributed by atoms with van der Waals surface area (Å²) in [5.41, 5.74) is 2.09. The number of nitrogens with zero attached hydrogens (tertiary/aromatic N) is 2. The Hall–Kier alpha value is -1.45. The highest BCUT2D eigenvalue weighted by molar-refractivity contribution is 7.18. The van der Waals surface area contributed by atoms with Gasteiger partial charge < -0.3 is 0 Å². The van der Waals surface area contributed by atoms with Crippen molar-refractivity contribution in [2.75, 3.05) is 0 Å². The highest BCUT2D eigenvalue weighted by Crippen LogP contribution is 2.29. The van der Waals surface area contributed by atoms with E-state index in [0.29, 0.717) is 0 Å². The number of thiazole rings is 1. The van der Waals surface area contributed by atoms with E-state index in [9.17, 15) is 0 Å². The van der Waals surface area contributed by atoms with Crippen molar-refractivity contribution in [3.05, 3.63) is 59.4 Å². The lowest BCUT2D eigenvalue weighted by Gasteiger charge is -2.06. The minimum absolute atomic E-state index is 0.0701. The molecule has 0 saturated carbocycles. The van der Waals surface area contributed by atoms with Crippen LogP contribution in [0.5, 0.6) is 0 Å². The number of pyridine rings is 1. The van der Waals surface area contributed by atoms with Crippen molar-refractivity contribution >= 4 is 33.2 Å². The molecule has 0 aliphatic carbocycles. The molecule has 0 amide bonds. The lowest BCUT2D eigenvalue weighted by molar-refractivity contribution is 0.903. The molecule has 18 heavy (non-hydrogen) atoms. The van der Waals surface area contributed by atoms with E-state index in [-0.39, 0.29) is 5.38 Å². The number of rotatable bonds is 3. The maximum Gasteiger partial charge on any atom is 0.0956 e. The zero-order valence-electron chi connectivity index (χ0n) is 9.58. The van der Waals surface area contributed by atoms with Crippen LogP contribution in [-0.2, 0) is 6.42 Å². The zero-order chi connectivity index (χ0) is 12.4. The van der Waals surface area contributed by atoms with Crippen LogP contribution in [-0.4, -0.2) is 9.97 Å². The standard InChI is InChI=1S/C14H11ClN2S/c15-11(10-4-3-7-16-9-10)8-14-17-12-5-1-2-6-13(12)18-14/h1-7,9,11H,8H2. The van der Waals surface area contributed by atoms with E-state index in [1.807, 2.05) is 36.5 Å². The molecule has 2 aromatic heterocycles. The van der Waals surface area contributed by atoms with Crippen molar-refractivity contribution < 1.29 is 0 Å². The van der Waals surface area contributed by atoms with Crippen molar-refractivity contribution in [2.24, 2.45) is 0 Å². The van der Waals surface area contributed by atoms with E-state index in [1.54, 1.807) is 17.5 Å². The van der Waals surface area contributed by atoms with Crippen LogP contribution >= 0.6 is 22.9 Å². The van der Waals surface area contributed by atoms with Gasteiger partial charge in [0, 0.05) is 18.8 Å². The molecule has 0 fully saturated rings. The number of para-hydroxylation sites is 1. The second-order valence-corrected chi connectivity index (χ2v) is 5.68. The van der Waals surface area contributed by atoms with Gasteiger partial charge in [0.1, 0.15) is 0 Å². The third-order valence-electron chi connectivity index (χ3n) is 2.74. The number of alkyl halides is 1. The molecule has 0 aliphatic rings. The maximum atomic E-state index is 6.39. The molecule has 2 heterocycles. The van der Waals surface area contributed by atoms with Crippen molar-refractivity contribution in [2.45, 2.75) is 11.8 Å². The van der Waals surface area contributed by atoms with Crippen LogP contribution in [0.4, 0.5) is 0 Å². The molecule has 0 bridgehead atoms. The predicted octanol–water partition coefficient (Wildman–Crippen LogP) is 4.21. The predicted molar refractivity (Wildman–Crippen MR) is 76.2 cm³/mol. The molecule has 1 unspecified atom stereocenters. The van der Waals surface area contributed by atoms with E-state index >= 15 is 0 Å². The summed E-state index contributed by atoms with van der Waals surface area (Å²) < 4.78 is 1.21. The molecule has 0 aliphatic heterocycles. The Balaban J connectivity index is 1.84. The first kappa shape index (κ1) is 11.6. The molecule has 0 N–H and O–H groups in total. The SMILES string of the molecule is ClC(Cc1nc2ccccc2s1)c1cccnc1. The van der Waals surface area contributed by atoms with Crippen LogP contribution in [0.25, 0.3) is 10.2 Å². The van der Waals surface area contributed by atoms with Crippen LogP contribution in [0.1, 0.15) is 15.9 Å². The fraction of sp³-hybridized carbons (Fsp3) is 0.143. The lowest BCUT2D eigenvalue weighted by atomic mass is 10.1. The van der Waals surface area contributed by atoms with Crippen LogP contribution < -0.4 is 0 Å². The van der Waals surface area contributed by atoms with Gasteiger partial charge in [0.15, 0.2) is 0 Å². The Labute approximate surface area is 114 Å². The van der Waals surface area contributed by atoms with Gasteiger partial charge in [-0.25, -0.2) is 4.98 Å². The van der Waals surface area contributed by atoms with Gasteiger partial charge in [0.2, 0.25) is 0 Å². The van der Waals surface area contributed by atoms with Gasteiger partial charge in [0.05, 0.1) is 20.6 Å². The summed E-state index contributed by atoms with van der Waals surface area (Å²) in [4.78, 5) is 8.68. The Morgan fingerprint density at radius 1 is 1.17 bits per heavy atom. The quantitative estimate of drug-likeness (QED) is 0.669. The summed E-state index contributed by atoms with van der Waals surface area (Å²) in [5.74, 6) is 0. The lowest BCUT2D eigenvalue weighted by Crippen LogP contribution is -1.95. The molecule has 0 radical (unpaired) electrons. The van der Waals surface area contributed by atoms with E-state index in [4.69, 9.17) is 11.6 Å². The number of halogens is 1. The average molecular weight is 275 g/mol. The molecular weight excluding hydrogens is 264 g/mol. The van der Waals surface area contributed by atoms with Crippen molar-refractivity contribution in [3.8, 4) is 0 Å². The summed E-state index contributed by atoms with van der Waals surface area (Å²) in [6.45, 7) is 0. The molecule has 4 heteroatoms. The Morgan fingerprint density at radius 3 is 2.83 bits per heavy atom. The van der Waals surface area contributed by atoms with E-state index < -0.39 is 0 Å². The largest absolute Gasteiger partial charge is 0.264 e. The summed E-state index contributed by atoms with van der Waals surface area (Å²) in [5, 5.41) is 0.999. The van der Waals surface area contributed by atoms with Crippen LogP contribution in [0.2, 0.25) is 0 Å². The summed E-state index contributed by atoms with van der Waals surface area (Å²) in [7, 11) is 0. The van der Waals surface area contributed by atoms with Crippen molar-refractivity contribution in [1.29, 1.82) is 0 Å². The molecule has 90 valence electrons. The van der Waals surface area contributed by atoms with Gasteiger partial charge in [-0.2, -0.15) is 0 Å². The number of fused-ring (bicyclic) bond motifs is 1. The molecule has 1 aromatic carbocycles. The van der Waals surface area contributed by atoms with E-state index in [2.05, 4.69) is 16.0 Å². The third kappa shape index (κ3) is 2.37. The van der Waals surface area contributed by atoms with Crippen molar-refractivity contribution in [1.82, 2.24) is 9.97 Å². The van der Waals surface area contributed by atoms with Gasteiger partial charge in [-0.15, -0.1) is 22.9 Å². The van der Waals surface area contributed by atoms with Gasteiger partial charge in [-0.3, -0.25) is 4.98 Å². The smallest absolute Gasteiger partial charge is 0.0956 e. The van der Waals surface area contributed by atoms with E-state index in [1.165, 1.54) is 4.70 Å². The zero-order valence-corrected chi connectivity index (χ0v) is 11.2. The fourth-order valence-corrected chi connectivity index (χ4v) is 3.22. The summed E-state index contributed by atoms with van der Waals surface area (Å²) >= 11 is 8.10. The first-order chi connectivity index (χ1) is 8.83. The van der Waals surface area contributed by atoms with Gasteiger partial charge >= 0.3 is 0 Å². The summed E-state index contributed by atoms with van der Waals surface area (Å²) in [6, 6.07) is 12.1.